The summed E-state index contributed by atoms with van der Waals surface area (Å²) in [5.41, 5.74) is 0. The molecule has 0 aliphatic rings. The summed E-state index contributed by atoms with van der Waals surface area (Å²) in [6.45, 7) is 4.87. The minimum atomic E-state index is -0.699. The molecule has 0 radical (unpaired) electrons. The predicted octanol–water partition coefficient (Wildman–Crippen LogP) is 15.7. The standard InChI is InChI=1S/C54H101NO5/c1-3-5-7-9-11-13-15-17-18-19-20-23-26-30-34-38-42-46-52(57)51(50-56)55-53(58)47-43-39-35-31-27-24-21-25-29-33-37-41-45-49-60-54(59)48-44-40-36-32-28-22-16-14-12-10-8-6-4-2/h14,16,24,27,35,39,51-52,56-57H,3-13,15,17-23,25-26,28-34,36-38,40-50H2,1-2H3,(H,55,58)/b16-14-,27-24-,39-35-. The first-order valence-electron chi connectivity index (χ1n) is 26.2. The Labute approximate surface area is 373 Å². The van der Waals surface area contributed by atoms with E-state index in [1.165, 1.54) is 180 Å². The number of carbonyl (C=O) groups excluding carboxylic acids is 2. The van der Waals surface area contributed by atoms with Gasteiger partial charge in [0, 0.05) is 12.8 Å². The maximum Gasteiger partial charge on any atom is 0.305 e. The van der Waals surface area contributed by atoms with Gasteiger partial charge in [-0.25, -0.2) is 0 Å². The first kappa shape index (κ1) is 58.1. The highest BCUT2D eigenvalue weighted by Crippen LogP contribution is 2.16. The van der Waals surface area contributed by atoms with Crippen molar-refractivity contribution in [2.75, 3.05) is 13.2 Å². The Morgan fingerprint density at radius 3 is 1.33 bits per heavy atom. The van der Waals surface area contributed by atoms with E-state index in [0.717, 1.165) is 51.4 Å². The Balaban J connectivity index is 3.56. The van der Waals surface area contributed by atoms with Crippen LogP contribution in [-0.2, 0) is 14.3 Å². The second-order valence-electron chi connectivity index (χ2n) is 17.8. The van der Waals surface area contributed by atoms with Gasteiger partial charge < -0.3 is 20.3 Å². The molecule has 3 N–H and O–H groups in total. The molecule has 2 atom stereocenters. The molecule has 0 heterocycles. The Bertz CT molecular complexity index is 977. The third-order valence-electron chi connectivity index (χ3n) is 11.9. The van der Waals surface area contributed by atoms with Gasteiger partial charge in [-0.3, -0.25) is 9.59 Å². The van der Waals surface area contributed by atoms with E-state index in [4.69, 9.17) is 4.74 Å². The van der Waals surface area contributed by atoms with Crippen LogP contribution in [0.3, 0.4) is 0 Å². The molecular formula is C54H101NO5. The summed E-state index contributed by atoms with van der Waals surface area (Å²) in [4.78, 5) is 24.4. The first-order valence-corrected chi connectivity index (χ1v) is 26.2. The second-order valence-corrected chi connectivity index (χ2v) is 17.8. The van der Waals surface area contributed by atoms with Crippen LogP contribution in [-0.4, -0.2) is 47.4 Å². The summed E-state index contributed by atoms with van der Waals surface area (Å²) in [6, 6.07) is -0.586. The molecule has 0 aromatic carbocycles. The summed E-state index contributed by atoms with van der Waals surface area (Å²) < 4.78 is 5.44. The van der Waals surface area contributed by atoms with Gasteiger partial charge in [-0.15, -0.1) is 0 Å². The van der Waals surface area contributed by atoms with Crippen LogP contribution < -0.4 is 5.32 Å². The van der Waals surface area contributed by atoms with Crippen molar-refractivity contribution in [1.82, 2.24) is 5.32 Å². The lowest BCUT2D eigenvalue weighted by Crippen LogP contribution is -2.45. The van der Waals surface area contributed by atoms with Gasteiger partial charge in [-0.05, 0) is 70.6 Å². The van der Waals surface area contributed by atoms with Gasteiger partial charge >= 0.3 is 5.97 Å². The van der Waals surface area contributed by atoms with Crippen LogP contribution in [0.5, 0.6) is 0 Å². The van der Waals surface area contributed by atoms with Crippen molar-refractivity contribution < 1.29 is 24.5 Å². The lowest BCUT2D eigenvalue weighted by atomic mass is 10.0. The molecule has 0 saturated carbocycles. The van der Waals surface area contributed by atoms with Gasteiger partial charge in [0.2, 0.25) is 5.91 Å². The average molecular weight is 844 g/mol. The fraction of sp³-hybridized carbons (Fsp3) is 0.852. The minimum Gasteiger partial charge on any atom is -0.466 e. The van der Waals surface area contributed by atoms with Crippen LogP contribution in [0.2, 0.25) is 0 Å². The number of ether oxygens (including phenoxy) is 1. The van der Waals surface area contributed by atoms with Crippen LogP contribution >= 0.6 is 0 Å². The summed E-state index contributed by atoms with van der Waals surface area (Å²) in [6.07, 6.45) is 59.8. The van der Waals surface area contributed by atoms with E-state index in [1.54, 1.807) is 0 Å². The maximum absolute atomic E-state index is 12.4. The van der Waals surface area contributed by atoms with Crippen molar-refractivity contribution >= 4 is 11.9 Å². The minimum absolute atomic E-state index is 0.0265. The topological polar surface area (TPSA) is 95.9 Å². The Hall–Kier alpha value is -1.92. The lowest BCUT2D eigenvalue weighted by molar-refractivity contribution is -0.143. The van der Waals surface area contributed by atoms with Crippen molar-refractivity contribution in [2.45, 2.75) is 283 Å². The van der Waals surface area contributed by atoms with Crippen LogP contribution in [0.1, 0.15) is 271 Å². The molecular weight excluding hydrogens is 743 g/mol. The van der Waals surface area contributed by atoms with Gasteiger partial charge in [0.25, 0.3) is 0 Å². The van der Waals surface area contributed by atoms with E-state index < -0.39 is 12.1 Å². The van der Waals surface area contributed by atoms with Crippen LogP contribution in [0.4, 0.5) is 0 Å². The van der Waals surface area contributed by atoms with Crippen molar-refractivity contribution in [2.24, 2.45) is 0 Å². The molecule has 0 saturated heterocycles. The molecule has 0 aromatic rings. The number of aliphatic hydroxyl groups excluding tert-OH is 2. The van der Waals surface area contributed by atoms with E-state index in [-0.39, 0.29) is 18.5 Å². The third-order valence-corrected chi connectivity index (χ3v) is 11.9. The second kappa shape index (κ2) is 49.7. The number of hydrogen-bond donors (Lipinski definition) is 3. The van der Waals surface area contributed by atoms with E-state index in [1.807, 2.05) is 6.08 Å². The van der Waals surface area contributed by atoms with Gasteiger partial charge in [0.1, 0.15) is 0 Å². The number of carbonyl (C=O) groups is 2. The number of rotatable bonds is 48. The predicted molar refractivity (Wildman–Crippen MR) is 259 cm³/mol. The average Bonchev–Trinajstić information content (AvgIpc) is 3.25. The molecule has 6 heteroatoms. The Morgan fingerprint density at radius 1 is 0.467 bits per heavy atom. The summed E-state index contributed by atoms with van der Waals surface area (Å²) >= 11 is 0. The highest BCUT2D eigenvalue weighted by atomic mass is 16.5. The number of esters is 1. The highest BCUT2D eigenvalue weighted by molar-refractivity contribution is 5.76. The zero-order valence-corrected chi connectivity index (χ0v) is 39.9. The Morgan fingerprint density at radius 2 is 0.850 bits per heavy atom. The molecule has 0 rings (SSSR count). The lowest BCUT2D eigenvalue weighted by Gasteiger charge is -2.22. The molecule has 1 amide bonds. The van der Waals surface area contributed by atoms with E-state index >= 15 is 0 Å². The van der Waals surface area contributed by atoms with Gasteiger partial charge in [0.05, 0.1) is 25.4 Å². The molecule has 0 fully saturated rings. The van der Waals surface area contributed by atoms with E-state index in [0.29, 0.717) is 32.3 Å². The number of hydrogen-bond acceptors (Lipinski definition) is 5. The molecule has 2 unspecified atom stereocenters. The molecule has 60 heavy (non-hydrogen) atoms. The molecule has 0 aliphatic heterocycles. The summed E-state index contributed by atoms with van der Waals surface area (Å²) in [5.74, 6) is -0.142. The molecule has 6 nitrogen and oxygen atoms in total. The first-order chi connectivity index (χ1) is 29.5. The zero-order chi connectivity index (χ0) is 43.7. The molecule has 0 bridgehead atoms. The number of unbranched alkanes of at least 4 members (excludes halogenated alkanes) is 31. The zero-order valence-electron chi connectivity index (χ0n) is 39.9. The highest BCUT2D eigenvalue weighted by Gasteiger charge is 2.19. The van der Waals surface area contributed by atoms with Crippen molar-refractivity contribution in [1.29, 1.82) is 0 Å². The molecule has 0 aromatic heterocycles. The van der Waals surface area contributed by atoms with Crippen LogP contribution in [0, 0.1) is 0 Å². The molecule has 0 aliphatic carbocycles. The normalized spacial score (nSPS) is 12.9. The van der Waals surface area contributed by atoms with Gasteiger partial charge in [0.15, 0.2) is 0 Å². The molecule has 0 spiro atoms. The number of aliphatic hydroxyl groups is 2. The smallest absolute Gasteiger partial charge is 0.305 e. The van der Waals surface area contributed by atoms with Gasteiger partial charge in [-0.1, -0.05) is 224 Å². The fourth-order valence-corrected chi connectivity index (χ4v) is 7.86. The maximum atomic E-state index is 12.4. The monoisotopic (exact) mass is 844 g/mol. The van der Waals surface area contributed by atoms with Crippen molar-refractivity contribution in [3.8, 4) is 0 Å². The fourth-order valence-electron chi connectivity index (χ4n) is 7.86. The number of nitrogens with one attached hydrogen (secondary N) is 1. The summed E-state index contributed by atoms with van der Waals surface area (Å²) in [5, 5.41) is 23.2. The van der Waals surface area contributed by atoms with Crippen molar-refractivity contribution in [3.05, 3.63) is 36.5 Å². The quantitative estimate of drug-likeness (QED) is 0.0322. The van der Waals surface area contributed by atoms with E-state index in [2.05, 4.69) is 49.5 Å². The number of allylic oxidation sites excluding steroid dienone is 6. The SMILES string of the molecule is CCCCCC/C=C\CCCCCCCC(=O)OCCCCCCCC/C=C\C/C=C\CCC(=O)NC(CO)C(O)CCCCCCCCCCCCCCCCCCC. The van der Waals surface area contributed by atoms with Crippen LogP contribution in [0.25, 0.3) is 0 Å². The van der Waals surface area contributed by atoms with Crippen molar-refractivity contribution in [3.63, 3.8) is 0 Å². The van der Waals surface area contributed by atoms with Crippen LogP contribution in [0.15, 0.2) is 36.5 Å². The Kier molecular flexibility index (Phi) is 48.1. The summed E-state index contributed by atoms with van der Waals surface area (Å²) in [7, 11) is 0. The molecule has 352 valence electrons. The third kappa shape index (κ3) is 45.6. The van der Waals surface area contributed by atoms with Gasteiger partial charge in [-0.2, -0.15) is 0 Å². The number of amides is 1. The largest absolute Gasteiger partial charge is 0.466 e. The van der Waals surface area contributed by atoms with E-state index in [9.17, 15) is 19.8 Å².